The van der Waals surface area contributed by atoms with E-state index in [1.165, 1.54) is 0 Å². The largest absolute Gasteiger partial charge is 0.362 e. The van der Waals surface area contributed by atoms with Crippen LogP contribution in [0.15, 0.2) is 59.4 Å². The van der Waals surface area contributed by atoms with E-state index >= 15 is 0 Å². The number of allylic oxidation sites excluding steroid dienone is 1. The van der Waals surface area contributed by atoms with Crippen molar-refractivity contribution in [3.63, 3.8) is 0 Å². The maximum atomic E-state index is 13.0. The number of Topliss-reactive ketones (excluding diaryl/α,β-unsaturated/α-hetero) is 1. The third-order valence-corrected chi connectivity index (χ3v) is 5.62. The van der Waals surface area contributed by atoms with Crippen molar-refractivity contribution in [3.8, 4) is 0 Å². The maximum Gasteiger partial charge on any atom is 0.189 e. The van der Waals surface area contributed by atoms with Crippen molar-refractivity contribution in [1.82, 2.24) is 4.90 Å². The maximum absolute atomic E-state index is 13.0. The number of hydrogen-bond acceptors (Lipinski definition) is 4. The quantitative estimate of drug-likeness (QED) is 0.864. The van der Waals surface area contributed by atoms with E-state index < -0.39 is 0 Å². The van der Waals surface area contributed by atoms with E-state index in [0.717, 1.165) is 53.8 Å². The highest BCUT2D eigenvalue weighted by molar-refractivity contribution is 6.16. The molecule has 25 heavy (non-hydrogen) atoms. The van der Waals surface area contributed by atoms with Gasteiger partial charge in [0.2, 0.25) is 0 Å². The predicted molar refractivity (Wildman–Crippen MR) is 100 cm³/mol. The van der Waals surface area contributed by atoms with Crippen molar-refractivity contribution in [3.05, 3.63) is 71.1 Å². The Bertz CT molecular complexity index is 847. The zero-order valence-electron chi connectivity index (χ0n) is 14.5. The van der Waals surface area contributed by atoms with E-state index in [0.29, 0.717) is 6.54 Å². The molecule has 1 aliphatic carbocycles. The standard InChI is InChI=1S/C21H23N3O/c1-15-12-16(4-5-18(15)14-22)20(25)17-6-8-21-7-2-10-24(21)11-3-9-23-19(21)13-17/h2-5,9-10,12-13H,6-8,11,14,22H2,1H3. The molecule has 1 atom stereocenters. The van der Waals surface area contributed by atoms with Crippen molar-refractivity contribution in [2.24, 2.45) is 10.7 Å². The van der Waals surface area contributed by atoms with Gasteiger partial charge < -0.3 is 10.6 Å². The molecule has 128 valence electrons. The number of benzene rings is 1. The molecule has 0 amide bonds. The van der Waals surface area contributed by atoms with Crippen LogP contribution in [0.3, 0.4) is 0 Å². The minimum Gasteiger partial charge on any atom is -0.362 e. The summed E-state index contributed by atoms with van der Waals surface area (Å²) >= 11 is 0. The van der Waals surface area contributed by atoms with Crippen LogP contribution >= 0.6 is 0 Å². The molecule has 0 saturated heterocycles. The highest BCUT2D eigenvalue weighted by Gasteiger charge is 2.44. The molecular weight excluding hydrogens is 310 g/mol. The third-order valence-electron chi connectivity index (χ3n) is 5.62. The Hall–Kier alpha value is -2.46. The van der Waals surface area contributed by atoms with Gasteiger partial charge in [-0.25, -0.2) is 0 Å². The van der Waals surface area contributed by atoms with E-state index in [1.54, 1.807) is 0 Å². The van der Waals surface area contributed by atoms with Gasteiger partial charge >= 0.3 is 0 Å². The van der Waals surface area contributed by atoms with Gasteiger partial charge in [0.15, 0.2) is 5.78 Å². The zero-order chi connectivity index (χ0) is 17.4. The normalized spacial score (nSPS) is 24.3. The number of carbonyl (C=O) groups is 1. The van der Waals surface area contributed by atoms with Gasteiger partial charge in [-0.3, -0.25) is 9.79 Å². The molecule has 4 rings (SSSR count). The minimum absolute atomic E-state index is 0.0629. The zero-order valence-corrected chi connectivity index (χ0v) is 14.5. The van der Waals surface area contributed by atoms with Crippen molar-refractivity contribution >= 4 is 11.5 Å². The lowest BCUT2D eigenvalue weighted by Crippen LogP contribution is -2.50. The molecule has 2 N–H and O–H groups in total. The molecule has 0 aromatic heterocycles. The fourth-order valence-electron chi connectivity index (χ4n) is 4.09. The van der Waals surface area contributed by atoms with Crippen LogP contribution in [0.4, 0.5) is 0 Å². The fraction of sp³-hybridized carbons (Fsp3) is 0.333. The number of nitrogens with zero attached hydrogens (tertiary/aromatic N) is 2. The summed E-state index contributed by atoms with van der Waals surface area (Å²) in [5.41, 5.74) is 10.4. The summed E-state index contributed by atoms with van der Waals surface area (Å²) in [6, 6.07) is 5.80. The van der Waals surface area contributed by atoms with Gasteiger partial charge in [0.05, 0.1) is 11.3 Å². The second-order valence-electron chi connectivity index (χ2n) is 7.02. The Morgan fingerprint density at radius 3 is 3.04 bits per heavy atom. The van der Waals surface area contributed by atoms with Gasteiger partial charge in [-0.2, -0.15) is 0 Å². The summed E-state index contributed by atoms with van der Waals surface area (Å²) in [7, 11) is 0. The molecule has 2 heterocycles. The summed E-state index contributed by atoms with van der Waals surface area (Å²) in [6.07, 6.45) is 13.0. The van der Waals surface area contributed by atoms with Crippen LogP contribution < -0.4 is 5.73 Å². The second-order valence-corrected chi connectivity index (χ2v) is 7.02. The molecule has 0 fully saturated rings. The van der Waals surface area contributed by atoms with E-state index in [9.17, 15) is 4.79 Å². The molecule has 4 nitrogen and oxygen atoms in total. The van der Waals surface area contributed by atoms with Crippen LogP contribution in [0.1, 0.15) is 40.7 Å². The first-order valence-corrected chi connectivity index (χ1v) is 8.85. The number of carbonyl (C=O) groups excluding carboxylic acids is 1. The number of hydrogen-bond donors (Lipinski definition) is 1. The number of ketones is 1. The fourth-order valence-corrected chi connectivity index (χ4v) is 4.09. The Balaban J connectivity index is 1.67. The first-order valence-electron chi connectivity index (χ1n) is 8.85. The van der Waals surface area contributed by atoms with Gasteiger partial charge in [-0.15, -0.1) is 0 Å². The average Bonchev–Trinajstić information content (AvgIpc) is 2.94. The van der Waals surface area contributed by atoms with Gasteiger partial charge in [0, 0.05) is 30.4 Å². The molecule has 1 spiro atoms. The Labute approximate surface area is 148 Å². The monoisotopic (exact) mass is 333 g/mol. The number of aliphatic imine (C=N–C) groups is 1. The minimum atomic E-state index is -0.0629. The summed E-state index contributed by atoms with van der Waals surface area (Å²) in [4.78, 5) is 20.0. The third kappa shape index (κ3) is 2.57. The Morgan fingerprint density at radius 2 is 2.24 bits per heavy atom. The van der Waals surface area contributed by atoms with Crippen molar-refractivity contribution in [1.29, 1.82) is 0 Å². The Kier molecular flexibility index (Phi) is 3.92. The molecule has 1 aromatic rings. The SMILES string of the molecule is Cc1cc(C(=O)C2=CC3=NC=CCN4C=CCC34CC2)ccc1CN. The smallest absolute Gasteiger partial charge is 0.189 e. The molecule has 0 radical (unpaired) electrons. The van der Waals surface area contributed by atoms with Crippen LogP contribution in [-0.4, -0.2) is 28.5 Å². The van der Waals surface area contributed by atoms with Crippen LogP contribution in [0.5, 0.6) is 0 Å². The second kappa shape index (κ2) is 6.12. The molecular formula is C21H23N3O. The lowest BCUT2D eigenvalue weighted by molar-refractivity contribution is 0.102. The van der Waals surface area contributed by atoms with Crippen LogP contribution in [-0.2, 0) is 6.54 Å². The first-order chi connectivity index (χ1) is 12.1. The summed E-state index contributed by atoms with van der Waals surface area (Å²) < 4.78 is 0. The first kappa shape index (κ1) is 16.0. The molecule has 1 aromatic carbocycles. The molecule has 1 unspecified atom stereocenters. The lowest BCUT2D eigenvalue weighted by Gasteiger charge is -2.41. The van der Waals surface area contributed by atoms with Gasteiger partial charge in [0.1, 0.15) is 0 Å². The molecule has 0 bridgehead atoms. The summed E-state index contributed by atoms with van der Waals surface area (Å²) in [5.74, 6) is 0.106. The summed E-state index contributed by atoms with van der Waals surface area (Å²) in [5, 5.41) is 0. The predicted octanol–water partition coefficient (Wildman–Crippen LogP) is 3.28. The van der Waals surface area contributed by atoms with Crippen molar-refractivity contribution in [2.45, 2.75) is 38.3 Å². The van der Waals surface area contributed by atoms with E-state index in [2.05, 4.69) is 28.2 Å². The van der Waals surface area contributed by atoms with Crippen molar-refractivity contribution in [2.75, 3.05) is 6.54 Å². The lowest BCUT2D eigenvalue weighted by atomic mass is 9.77. The van der Waals surface area contributed by atoms with E-state index in [4.69, 9.17) is 5.73 Å². The topological polar surface area (TPSA) is 58.7 Å². The molecule has 4 heteroatoms. The van der Waals surface area contributed by atoms with Gasteiger partial charge in [-0.1, -0.05) is 18.2 Å². The summed E-state index contributed by atoms with van der Waals surface area (Å²) in [6.45, 7) is 3.38. The molecule has 2 aliphatic heterocycles. The number of aryl methyl sites for hydroxylation is 1. The van der Waals surface area contributed by atoms with Gasteiger partial charge in [0.25, 0.3) is 0 Å². The van der Waals surface area contributed by atoms with E-state index in [-0.39, 0.29) is 11.3 Å². The molecule has 3 aliphatic rings. The number of nitrogens with two attached hydrogens (primary N) is 1. The van der Waals surface area contributed by atoms with Gasteiger partial charge in [-0.05, 0) is 61.7 Å². The highest BCUT2D eigenvalue weighted by atomic mass is 16.1. The Morgan fingerprint density at radius 1 is 1.36 bits per heavy atom. The average molecular weight is 333 g/mol. The van der Waals surface area contributed by atoms with Crippen LogP contribution in [0.25, 0.3) is 0 Å². The number of rotatable bonds is 3. The van der Waals surface area contributed by atoms with Crippen LogP contribution in [0.2, 0.25) is 0 Å². The van der Waals surface area contributed by atoms with Crippen molar-refractivity contribution < 1.29 is 4.79 Å². The highest BCUT2D eigenvalue weighted by Crippen LogP contribution is 2.39. The van der Waals surface area contributed by atoms with E-state index in [1.807, 2.05) is 37.4 Å². The van der Waals surface area contributed by atoms with Crippen LogP contribution in [0, 0.1) is 6.92 Å². The molecule has 0 saturated carbocycles.